The van der Waals surface area contributed by atoms with Crippen molar-refractivity contribution in [3.05, 3.63) is 76.6 Å². The molecular weight excluding hydrogens is 289 g/mol. The lowest BCUT2D eigenvalue weighted by atomic mass is 10.1. The van der Waals surface area contributed by atoms with Crippen molar-refractivity contribution in [3.8, 4) is 0 Å². The Morgan fingerprint density at radius 3 is 2.48 bits per heavy atom. The fourth-order valence-electron chi connectivity index (χ4n) is 2.11. The first-order valence-corrected chi connectivity index (χ1v) is 7.06. The minimum absolute atomic E-state index is 0.301. The molecule has 3 rings (SSSR count). The average Bonchev–Trinajstić information content (AvgIpc) is 2.47. The van der Waals surface area contributed by atoms with Gasteiger partial charge in [0, 0.05) is 4.90 Å². The molecule has 0 N–H and O–H groups in total. The second-order valence-electron chi connectivity index (χ2n) is 4.45. The van der Waals surface area contributed by atoms with Gasteiger partial charge in [-0.3, -0.25) is 10.1 Å². The molecule has 0 aromatic heterocycles. The van der Waals surface area contributed by atoms with Crippen molar-refractivity contribution in [1.29, 1.82) is 0 Å². The molecule has 21 heavy (non-hydrogen) atoms. The standard InChI is InChI=1S/C16H10FNO2S/c17-14-6-3-7-15(16(14)18(19)20)21-13-9-8-11-4-1-2-5-12(11)10-13/h1-10H. The lowest BCUT2D eigenvalue weighted by molar-refractivity contribution is -0.390. The molecular formula is C16H10FNO2S. The molecule has 0 atom stereocenters. The summed E-state index contributed by atoms with van der Waals surface area (Å²) in [6.07, 6.45) is 0. The highest BCUT2D eigenvalue weighted by atomic mass is 32.2. The molecule has 0 heterocycles. The summed E-state index contributed by atoms with van der Waals surface area (Å²) in [5, 5.41) is 13.1. The molecule has 0 fully saturated rings. The van der Waals surface area contributed by atoms with Gasteiger partial charge >= 0.3 is 5.69 Å². The van der Waals surface area contributed by atoms with Crippen molar-refractivity contribution < 1.29 is 9.31 Å². The molecule has 0 aliphatic carbocycles. The van der Waals surface area contributed by atoms with E-state index in [0.717, 1.165) is 21.7 Å². The summed E-state index contributed by atoms with van der Waals surface area (Å²) >= 11 is 1.19. The van der Waals surface area contributed by atoms with Crippen LogP contribution in [0.15, 0.2) is 70.5 Å². The smallest absolute Gasteiger partial charge is 0.258 e. The van der Waals surface area contributed by atoms with E-state index in [2.05, 4.69) is 0 Å². The maximum Gasteiger partial charge on any atom is 0.318 e. The number of fused-ring (bicyclic) bond motifs is 1. The summed E-state index contributed by atoms with van der Waals surface area (Å²) in [7, 11) is 0. The summed E-state index contributed by atoms with van der Waals surface area (Å²) in [6.45, 7) is 0. The zero-order valence-corrected chi connectivity index (χ0v) is 11.6. The molecule has 3 aromatic rings. The van der Waals surface area contributed by atoms with Gasteiger partial charge in [0.2, 0.25) is 5.82 Å². The van der Waals surface area contributed by atoms with Gasteiger partial charge in [0.15, 0.2) is 0 Å². The maximum absolute atomic E-state index is 13.6. The molecule has 0 aliphatic rings. The Labute approximate surface area is 124 Å². The maximum atomic E-state index is 13.6. The van der Waals surface area contributed by atoms with Crippen LogP contribution in [0.3, 0.4) is 0 Å². The number of para-hydroxylation sites is 1. The normalized spacial score (nSPS) is 10.7. The van der Waals surface area contributed by atoms with Crippen LogP contribution in [0.2, 0.25) is 0 Å². The summed E-state index contributed by atoms with van der Waals surface area (Å²) in [5.41, 5.74) is -0.476. The van der Waals surface area contributed by atoms with Crippen LogP contribution in [0.4, 0.5) is 10.1 Å². The summed E-state index contributed by atoms with van der Waals surface area (Å²) in [6, 6.07) is 17.7. The van der Waals surface area contributed by atoms with Crippen LogP contribution >= 0.6 is 11.8 Å². The Hall–Kier alpha value is -2.40. The van der Waals surface area contributed by atoms with Crippen LogP contribution in [0, 0.1) is 15.9 Å². The Kier molecular flexibility index (Phi) is 3.58. The van der Waals surface area contributed by atoms with E-state index in [4.69, 9.17) is 0 Å². The number of hydrogen-bond acceptors (Lipinski definition) is 3. The van der Waals surface area contributed by atoms with Crippen LogP contribution in [0.25, 0.3) is 10.8 Å². The number of nitrogens with zero attached hydrogens (tertiary/aromatic N) is 1. The molecule has 0 saturated carbocycles. The largest absolute Gasteiger partial charge is 0.318 e. The van der Waals surface area contributed by atoms with Crippen molar-refractivity contribution in [2.24, 2.45) is 0 Å². The van der Waals surface area contributed by atoms with Gasteiger partial charge in [-0.25, -0.2) is 0 Å². The highest BCUT2D eigenvalue weighted by Crippen LogP contribution is 2.37. The van der Waals surface area contributed by atoms with Gasteiger partial charge in [0.25, 0.3) is 0 Å². The van der Waals surface area contributed by atoms with Crippen LogP contribution in [-0.2, 0) is 0 Å². The molecule has 0 amide bonds. The fraction of sp³-hybridized carbons (Fsp3) is 0. The Morgan fingerprint density at radius 1 is 0.952 bits per heavy atom. The molecule has 5 heteroatoms. The predicted octanol–water partition coefficient (Wildman–Crippen LogP) is 5.04. The number of rotatable bonds is 3. The average molecular weight is 299 g/mol. The van der Waals surface area contributed by atoms with E-state index >= 15 is 0 Å². The molecule has 3 aromatic carbocycles. The summed E-state index contributed by atoms with van der Waals surface area (Å²) in [4.78, 5) is 11.5. The first kappa shape index (κ1) is 13.6. The Balaban J connectivity index is 2.02. The summed E-state index contributed by atoms with van der Waals surface area (Å²) in [5.74, 6) is -0.814. The van der Waals surface area contributed by atoms with Gasteiger partial charge in [0.05, 0.1) is 9.82 Å². The van der Waals surface area contributed by atoms with Crippen LogP contribution in [-0.4, -0.2) is 4.92 Å². The third kappa shape index (κ3) is 2.73. The second kappa shape index (κ2) is 5.54. The zero-order chi connectivity index (χ0) is 14.8. The third-order valence-electron chi connectivity index (χ3n) is 3.08. The van der Waals surface area contributed by atoms with E-state index < -0.39 is 16.4 Å². The van der Waals surface area contributed by atoms with Crippen molar-refractivity contribution in [2.45, 2.75) is 9.79 Å². The minimum Gasteiger partial charge on any atom is -0.258 e. The van der Waals surface area contributed by atoms with E-state index in [9.17, 15) is 14.5 Å². The third-order valence-corrected chi connectivity index (χ3v) is 4.12. The second-order valence-corrected chi connectivity index (χ2v) is 5.57. The Morgan fingerprint density at radius 2 is 1.71 bits per heavy atom. The first-order valence-electron chi connectivity index (χ1n) is 6.25. The SMILES string of the molecule is O=[N+]([O-])c1c(F)cccc1Sc1ccc2ccccc2c1. The number of benzene rings is 3. The predicted molar refractivity (Wildman–Crippen MR) is 81.1 cm³/mol. The molecule has 0 saturated heterocycles. The molecule has 0 unspecified atom stereocenters. The monoisotopic (exact) mass is 299 g/mol. The fourth-order valence-corrected chi connectivity index (χ4v) is 3.10. The molecule has 0 spiro atoms. The van der Waals surface area contributed by atoms with Gasteiger partial charge in [-0.2, -0.15) is 4.39 Å². The lowest BCUT2D eigenvalue weighted by Crippen LogP contribution is -1.94. The van der Waals surface area contributed by atoms with Crippen molar-refractivity contribution in [1.82, 2.24) is 0 Å². The van der Waals surface area contributed by atoms with Crippen molar-refractivity contribution >= 4 is 28.2 Å². The zero-order valence-electron chi connectivity index (χ0n) is 10.8. The topological polar surface area (TPSA) is 43.1 Å². The quantitative estimate of drug-likeness (QED) is 0.502. The molecule has 104 valence electrons. The van der Waals surface area contributed by atoms with E-state index in [1.165, 1.54) is 17.8 Å². The minimum atomic E-state index is -0.814. The molecule has 0 radical (unpaired) electrons. The molecule has 3 nitrogen and oxygen atoms in total. The van der Waals surface area contributed by atoms with Gasteiger partial charge < -0.3 is 0 Å². The first-order chi connectivity index (χ1) is 10.1. The van der Waals surface area contributed by atoms with Crippen molar-refractivity contribution in [2.75, 3.05) is 0 Å². The number of hydrogen-bond donors (Lipinski definition) is 0. The lowest BCUT2D eigenvalue weighted by Gasteiger charge is -2.05. The van der Waals surface area contributed by atoms with Gasteiger partial charge in [0.1, 0.15) is 0 Å². The van der Waals surface area contributed by atoms with Crippen molar-refractivity contribution in [3.63, 3.8) is 0 Å². The van der Waals surface area contributed by atoms with Gasteiger partial charge in [-0.1, -0.05) is 48.2 Å². The Bertz CT molecular complexity index is 835. The van der Waals surface area contributed by atoms with Crippen LogP contribution in [0.1, 0.15) is 0 Å². The summed E-state index contributed by atoms with van der Waals surface area (Å²) < 4.78 is 13.6. The number of nitro groups is 1. The highest BCUT2D eigenvalue weighted by Gasteiger charge is 2.20. The van der Waals surface area contributed by atoms with Gasteiger partial charge in [-0.05, 0) is 35.0 Å². The van der Waals surface area contributed by atoms with Crippen LogP contribution in [0.5, 0.6) is 0 Å². The van der Waals surface area contributed by atoms with Gasteiger partial charge in [-0.15, -0.1) is 0 Å². The molecule has 0 bridgehead atoms. The van der Waals surface area contributed by atoms with Crippen LogP contribution < -0.4 is 0 Å². The van der Waals surface area contributed by atoms with E-state index in [1.807, 2.05) is 42.5 Å². The van der Waals surface area contributed by atoms with E-state index in [0.29, 0.717) is 4.90 Å². The number of halogens is 1. The van der Waals surface area contributed by atoms with E-state index in [-0.39, 0.29) is 0 Å². The molecule has 0 aliphatic heterocycles. The highest BCUT2D eigenvalue weighted by molar-refractivity contribution is 7.99. The number of nitro benzene ring substituents is 1. The van der Waals surface area contributed by atoms with E-state index in [1.54, 1.807) is 6.07 Å².